The number of ether oxygens (including phenoxy) is 1. The van der Waals surface area contributed by atoms with Gasteiger partial charge in [-0.05, 0) is 25.2 Å². The Hall–Kier alpha value is -1.69. The van der Waals surface area contributed by atoms with Gasteiger partial charge in [0.25, 0.3) is 0 Å². The second kappa shape index (κ2) is 5.77. The van der Waals surface area contributed by atoms with Gasteiger partial charge in [-0.3, -0.25) is 4.90 Å². The Labute approximate surface area is 104 Å². The van der Waals surface area contributed by atoms with Crippen molar-refractivity contribution in [3.05, 3.63) is 36.4 Å². The van der Waals surface area contributed by atoms with Crippen LogP contribution in [-0.4, -0.2) is 24.9 Å². The molecule has 0 aromatic heterocycles. The first-order chi connectivity index (χ1) is 8.31. The van der Waals surface area contributed by atoms with E-state index < -0.39 is 6.36 Å². The Morgan fingerprint density at radius 1 is 1.44 bits per heavy atom. The Kier molecular flexibility index (Phi) is 4.61. The highest BCUT2D eigenvalue weighted by molar-refractivity contribution is 5.47. The molecule has 0 spiro atoms. The van der Waals surface area contributed by atoms with Crippen LogP contribution in [0.2, 0.25) is 0 Å². The number of nitrogens with two attached hydrogens (primary N) is 1. The summed E-state index contributed by atoms with van der Waals surface area (Å²) >= 11 is 0. The maximum Gasteiger partial charge on any atom is 0.573 e. The van der Waals surface area contributed by atoms with E-state index in [0.717, 1.165) is 0 Å². The lowest BCUT2D eigenvalue weighted by Crippen LogP contribution is -2.21. The van der Waals surface area contributed by atoms with Gasteiger partial charge in [0.05, 0.1) is 0 Å². The van der Waals surface area contributed by atoms with E-state index in [4.69, 9.17) is 5.73 Å². The molecule has 0 atom stereocenters. The van der Waals surface area contributed by atoms with Crippen molar-refractivity contribution in [2.45, 2.75) is 12.9 Å². The van der Waals surface area contributed by atoms with Gasteiger partial charge in [-0.2, -0.15) is 0 Å². The van der Waals surface area contributed by atoms with Crippen LogP contribution >= 0.6 is 0 Å². The van der Waals surface area contributed by atoms with Crippen LogP contribution in [0.5, 0.6) is 5.75 Å². The fourth-order valence-electron chi connectivity index (χ4n) is 1.52. The average Bonchev–Trinajstić information content (AvgIpc) is 2.20. The maximum absolute atomic E-state index is 12.2. The molecule has 3 nitrogen and oxygen atoms in total. The highest BCUT2D eigenvalue weighted by atomic mass is 19.4. The van der Waals surface area contributed by atoms with Crippen molar-refractivity contribution < 1.29 is 17.9 Å². The Morgan fingerprint density at radius 3 is 2.67 bits per heavy atom. The van der Waals surface area contributed by atoms with E-state index in [9.17, 15) is 13.2 Å². The predicted molar refractivity (Wildman–Crippen MR) is 64.1 cm³/mol. The van der Waals surface area contributed by atoms with Gasteiger partial charge >= 0.3 is 6.36 Å². The number of alkyl halides is 3. The van der Waals surface area contributed by atoms with Crippen molar-refractivity contribution in [3.63, 3.8) is 0 Å². The summed E-state index contributed by atoms with van der Waals surface area (Å²) in [4.78, 5) is 1.80. The number of hydrogen-bond donors (Lipinski definition) is 1. The monoisotopic (exact) mass is 260 g/mol. The summed E-state index contributed by atoms with van der Waals surface area (Å²) in [5.41, 5.74) is 6.35. The number of likely N-dealkylation sites (N-methyl/N-ethyl adjacent to an activating group) is 1. The predicted octanol–water partition coefficient (Wildman–Crippen LogP) is 2.79. The van der Waals surface area contributed by atoms with Gasteiger partial charge in [0.2, 0.25) is 0 Å². The summed E-state index contributed by atoms with van der Waals surface area (Å²) in [5.74, 6) is -0.229. The van der Waals surface area contributed by atoms with Crippen molar-refractivity contribution >= 4 is 5.69 Å². The molecule has 0 aliphatic carbocycles. The van der Waals surface area contributed by atoms with Gasteiger partial charge in [0.15, 0.2) is 0 Å². The van der Waals surface area contributed by atoms with Gasteiger partial charge in [0.1, 0.15) is 5.75 Å². The number of anilines is 1. The van der Waals surface area contributed by atoms with Gasteiger partial charge in [0, 0.05) is 24.3 Å². The third kappa shape index (κ3) is 4.67. The Morgan fingerprint density at radius 2 is 2.11 bits per heavy atom. The minimum absolute atomic E-state index is 0.229. The molecule has 100 valence electrons. The van der Waals surface area contributed by atoms with Crippen LogP contribution in [0, 0.1) is 0 Å². The fourth-order valence-corrected chi connectivity index (χ4v) is 1.52. The summed E-state index contributed by atoms with van der Waals surface area (Å²) in [6, 6.07) is 4.07. The average molecular weight is 260 g/mol. The molecule has 0 amide bonds. The lowest BCUT2D eigenvalue weighted by molar-refractivity contribution is -0.275. The number of nitrogens with zero attached hydrogens (tertiary/aromatic N) is 1. The summed E-state index contributed by atoms with van der Waals surface area (Å²) < 4.78 is 40.6. The molecule has 0 radical (unpaired) electrons. The summed E-state index contributed by atoms with van der Waals surface area (Å²) in [5, 5.41) is 0. The molecule has 1 aromatic carbocycles. The quantitative estimate of drug-likeness (QED) is 0.653. The van der Waals surface area contributed by atoms with Crippen molar-refractivity contribution in [2.24, 2.45) is 0 Å². The molecule has 1 rings (SSSR count). The van der Waals surface area contributed by atoms with E-state index in [1.807, 2.05) is 0 Å². The lowest BCUT2D eigenvalue weighted by atomic mass is 10.1. The molecular weight excluding hydrogens is 245 g/mol. The zero-order valence-electron chi connectivity index (χ0n) is 10.00. The van der Waals surface area contributed by atoms with Crippen molar-refractivity contribution in [3.8, 4) is 5.75 Å². The van der Waals surface area contributed by atoms with Gasteiger partial charge in [-0.15, -0.1) is 19.8 Å². The van der Waals surface area contributed by atoms with Crippen LogP contribution in [0.15, 0.2) is 30.9 Å². The topological polar surface area (TPSA) is 38.5 Å². The molecule has 0 unspecified atom stereocenters. The zero-order valence-corrected chi connectivity index (χ0v) is 10.00. The molecule has 0 fully saturated rings. The molecule has 1 aromatic rings. The van der Waals surface area contributed by atoms with E-state index >= 15 is 0 Å². The second-order valence-electron chi connectivity index (χ2n) is 3.90. The Bertz CT molecular complexity index is 418. The highest BCUT2D eigenvalue weighted by Gasteiger charge is 2.32. The van der Waals surface area contributed by atoms with E-state index in [0.29, 0.717) is 24.3 Å². The second-order valence-corrected chi connectivity index (χ2v) is 3.90. The molecule has 6 heteroatoms. The first-order valence-electron chi connectivity index (χ1n) is 5.25. The summed E-state index contributed by atoms with van der Waals surface area (Å²) in [7, 11) is 1.77. The molecule has 2 N–H and O–H groups in total. The smallest absolute Gasteiger partial charge is 0.405 e. The minimum atomic E-state index is -4.71. The van der Waals surface area contributed by atoms with Crippen molar-refractivity contribution in [1.29, 1.82) is 0 Å². The first-order valence-corrected chi connectivity index (χ1v) is 5.25. The highest BCUT2D eigenvalue weighted by Crippen LogP contribution is 2.28. The third-order valence-corrected chi connectivity index (χ3v) is 2.19. The Balaban J connectivity index is 2.93. The molecule has 18 heavy (non-hydrogen) atoms. The van der Waals surface area contributed by atoms with E-state index in [1.54, 1.807) is 18.0 Å². The molecule has 0 bridgehead atoms. The molecule has 0 saturated heterocycles. The fraction of sp³-hybridized carbons (Fsp3) is 0.333. The standard InChI is InChI=1S/C12H15F3N2O/c1-3-6-17(2)8-9-7-10(16)4-5-11(9)18-12(13,14)15/h3-5,7H,1,6,8,16H2,2H3. The van der Waals surface area contributed by atoms with Gasteiger partial charge < -0.3 is 10.5 Å². The SMILES string of the molecule is C=CCN(C)Cc1cc(N)ccc1OC(F)(F)F. The van der Waals surface area contributed by atoms with Gasteiger partial charge in [-0.1, -0.05) is 6.08 Å². The molecule has 0 aliphatic rings. The first kappa shape index (κ1) is 14.4. The van der Waals surface area contributed by atoms with E-state index in [2.05, 4.69) is 11.3 Å². The number of hydrogen-bond acceptors (Lipinski definition) is 3. The van der Waals surface area contributed by atoms with E-state index in [-0.39, 0.29) is 5.75 Å². The molecule has 0 heterocycles. The maximum atomic E-state index is 12.2. The van der Waals surface area contributed by atoms with Crippen LogP contribution < -0.4 is 10.5 Å². The van der Waals surface area contributed by atoms with Crippen molar-refractivity contribution in [2.75, 3.05) is 19.3 Å². The normalized spacial score (nSPS) is 11.6. The number of halogens is 3. The van der Waals surface area contributed by atoms with Crippen molar-refractivity contribution in [1.82, 2.24) is 4.90 Å². The summed E-state index contributed by atoms with van der Waals surface area (Å²) in [6.07, 6.45) is -3.04. The van der Waals surface area contributed by atoms with Gasteiger partial charge in [-0.25, -0.2) is 0 Å². The minimum Gasteiger partial charge on any atom is -0.405 e. The van der Waals surface area contributed by atoms with Crippen LogP contribution in [0.1, 0.15) is 5.56 Å². The number of rotatable bonds is 5. The molecular formula is C12H15F3N2O. The zero-order chi connectivity index (χ0) is 13.8. The van der Waals surface area contributed by atoms with E-state index in [1.165, 1.54) is 18.2 Å². The lowest BCUT2D eigenvalue weighted by Gasteiger charge is -2.18. The summed E-state index contributed by atoms with van der Waals surface area (Å²) in [6.45, 7) is 4.41. The van der Waals surface area contributed by atoms with Crippen LogP contribution in [0.25, 0.3) is 0 Å². The number of benzene rings is 1. The third-order valence-electron chi connectivity index (χ3n) is 2.19. The molecule has 0 aliphatic heterocycles. The molecule has 0 saturated carbocycles. The van der Waals surface area contributed by atoms with Crippen LogP contribution in [-0.2, 0) is 6.54 Å². The number of nitrogen functional groups attached to an aromatic ring is 1. The van der Waals surface area contributed by atoms with Crippen LogP contribution in [0.4, 0.5) is 18.9 Å². The largest absolute Gasteiger partial charge is 0.573 e. The van der Waals surface area contributed by atoms with Crippen LogP contribution in [0.3, 0.4) is 0 Å².